The second-order valence-electron chi connectivity index (χ2n) is 5.15. The van der Waals surface area contributed by atoms with E-state index in [1.54, 1.807) is 12.1 Å². The normalized spacial score (nSPS) is 12.0. The minimum Gasteiger partial charge on any atom is -0.321 e. The van der Waals surface area contributed by atoms with Gasteiger partial charge in [-0.3, -0.25) is 15.2 Å². The van der Waals surface area contributed by atoms with Gasteiger partial charge in [0.1, 0.15) is 5.82 Å². The van der Waals surface area contributed by atoms with Crippen molar-refractivity contribution in [2.45, 2.75) is 12.5 Å². The lowest BCUT2D eigenvalue weighted by atomic mass is 10.1. The van der Waals surface area contributed by atoms with Gasteiger partial charge in [0.2, 0.25) is 0 Å². The Bertz CT molecular complexity index is 816. The standard InChI is InChI=1S/C16H15N5O2/c17-14(9-11-5-2-1-3-6-11)16-18-15(19-20-16)12-7-4-8-13(10-12)21(22)23/h1-8,10,14H,9,17H2,(H,18,19,20)/t14-/m1/s1. The van der Waals surface area contributed by atoms with Crippen LogP contribution in [0.5, 0.6) is 0 Å². The number of nitro benzene ring substituents is 1. The van der Waals surface area contributed by atoms with Gasteiger partial charge < -0.3 is 5.73 Å². The van der Waals surface area contributed by atoms with Gasteiger partial charge in [0.05, 0.1) is 11.0 Å². The van der Waals surface area contributed by atoms with E-state index in [1.165, 1.54) is 12.1 Å². The number of hydrogen-bond acceptors (Lipinski definition) is 5. The third-order valence-electron chi connectivity index (χ3n) is 3.47. The molecule has 3 aromatic rings. The molecule has 7 heteroatoms. The van der Waals surface area contributed by atoms with Gasteiger partial charge in [-0.15, -0.1) is 0 Å². The molecule has 0 spiro atoms. The number of nitrogens with two attached hydrogens (primary N) is 1. The molecule has 0 fully saturated rings. The van der Waals surface area contributed by atoms with Crippen LogP contribution in [0.25, 0.3) is 11.4 Å². The lowest BCUT2D eigenvalue weighted by Crippen LogP contribution is -2.15. The van der Waals surface area contributed by atoms with Crippen molar-refractivity contribution in [3.8, 4) is 11.4 Å². The van der Waals surface area contributed by atoms with E-state index in [9.17, 15) is 10.1 Å². The van der Waals surface area contributed by atoms with Crippen molar-refractivity contribution in [1.82, 2.24) is 15.2 Å². The first-order chi connectivity index (χ1) is 11.1. The fraction of sp³-hybridized carbons (Fsp3) is 0.125. The van der Waals surface area contributed by atoms with E-state index in [2.05, 4.69) is 15.2 Å². The molecule has 0 saturated carbocycles. The number of non-ortho nitro benzene ring substituents is 1. The summed E-state index contributed by atoms with van der Waals surface area (Å²) in [5.74, 6) is 0.947. The molecule has 0 saturated heterocycles. The van der Waals surface area contributed by atoms with Gasteiger partial charge in [0, 0.05) is 17.7 Å². The molecule has 0 aliphatic carbocycles. The van der Waals surface area contributed by atoms with Gasteiger partial charge in [-0.1, -0.05) is 42.5 Å². The van der Waals surface area contributed by atoms with Crippen LogP contribution in [-0.4, -0.2) is 20.1 Å². The Kier molecular flexibility index (Phi) is 4.11. The zero-order chi connectivity index (χ0) is 16.2. The Labute approximate surface area is 132 Å². The van der Waals surface area contributed by atoms with Crippen LogP contribution in [0.1, 0.15) is 17.4 Å². The van der Waals surface area contributed by atoms with Crippen molar-refractivity contribution in [2.75, 3.05) is 0 Å². The second kappa shape index (κ2) is 6.37. The molecule has 0 unspecified atom stereocenters. The number of nitrogens with zero attached hydrogens (tertiary/aromatic N) is 3. The van der Waals surface area contributed by atoms with Crippen molar-refractivity contribution in [3.05, 3.63) is 76.1 Å². The van der Waals surface area contributed by atoms with Crippen LogP contribution in [0.3, 0.4) is 0 Å². The molecule has 23 heavy (non-hydrogen) atoms. The van der Waals surface area contributed by atoms with Crippen molar-refractivity contribution in [2.24, 2.45) is 5.73 Å². The molecular weight excluding hydrogens is 294 g/mol. The maximum Gasteiger partial charge on any atom is 0.270 e. The molecule has 1 aromatic heterocycles. The molecule has 2 aromatic carbocycles. The number of rotatable bonds is 5. The van der Waals surface area contributed by atoms with Crippen LogP contribution in [-0.2, 0) is 6.42 Å². The minimum atomic E-state index is -0.446. The molecule has 0 bridgehead atoms. The van der Waals surface area contributed by atoms with Gasteiger partial charge >= 0.3 is 0 Å². The number of benzene rings is 2. The van der Waals surface area contributed by atoms with Crippen molar-refractivity contribution < 1.29 is 4.92 Å². The minimum absolute atomic E-state index is 0.00225. The van der Waals surface area contributed by atoms with Crippen molar-refractivity contribution in [3.63, 3.8) is 0 Å². The topological polar surface area (TPSA) is 111 Å². The zero-order valence-electron chi connectivity index (χ0n) is 12.2. The maximum absolute atomic E-state index is 10.8. The largest absolute Gasteiger partial charge is 0.321 e. The van der Waals surface area contributed by atoms with Crippen LogP contribution < -0.4 is 5.73 Å². The molecular formula is C16H15N5O2. The van der Waals surface area contributed by atoms with Gasteiger partial charge in [0.25, 0.3) is 5.69 Å². The highest BCUT2D eigenvalue weighted by Gasteiger charge is 2.15. The number of hydrogen-bond donors (Lipinski definition) is 2. The summed E-state index contributed by atoms with van der Waals surface area (Å²) in [6, 6.07) is 15.7. The molecule has 1 atom stereocenters. The average Bonchev–Trinajstić information content (AvgIpc) is 3.06. The Balaban J connectivity index is 1.80. The number of aromatic nitrogens is 3. The fourth-order valence-electron chi connectivity index (χ4n) is 2.29. The molecule has 0 amide bonds. The smallest absolute Gasteiger partial charge is 0.270 e. The zero-order valence-corrected chi connectivity index (χ0v) is 12.2. The summed E-state index contributed by atoms with van der Waals surface area (Å²) in [5, 5.41) is 17.8. The summed E-state index contributed by atoms with van der Waals surface area (Å²) in [6.07, 6.45) is 0.629. The fourth-order valence-corrected chi connectivity index (χ4v) is 2.29. The number of H-pyrrole nitrogens is 1. The van der Waals surface area contributed by atoms with Crippen molar-refractivity contribution in [1.29, 1.82) is 0 Å². The molecule has 0 aliphatic heterocycles. The predicted octanol–water partition coefficient (Wildman–Crippen LogP) is 2.62. The summed E-state index contributed by atoms with van der Waals surface area (Å²) in [6.45, 7) is 0. The lowest BCUT2D eigenvalue weighted by molar-refractivity contribution is -0.384. The first-order valence-electron chi connectivity index (χ1n) is 7.10. The third kappa shape index (κ3) is 3.41. The number of nitrogens with one attached hydrogen (secondary N) is 1. The van der Waals surface area contributed by atoms with E-state index in [0.29, 0.717) is 23.6 Å². The first-order valence-corrected chi connectivity index (χ1v) is 7.10. The van der Waals surface area contributed by atoms with Crippen LogP contribution >= 0.6 is 0 Å². The second-order valence-corrected chi connectivity index (χ2v) is 5.15. The van der Waals surface area contributed by atoms with E-state index in [1.807, 2.05) is 30.3 Å². The van der Waals surface area contributed by atoms with Crippen LogP contribution in [0.4, 0.5) is 5.69 Å². The number of aromatic amines is 1. The van der Waals surface area contributed by atoms with E-state index >= 15 is 0 Å². The van der Waals surface area contributed by atoms with E-state index in [-0.39, 0.29) is 11.7 Å². The molecule has 116 valence electrons. The molecule has 0 aliphatic rings. The SMILES string of the molecule is N[C@H](Cc1ccccc1)c1nc(-c2cccc([N+](=O)[O-])c2)n[nH]1. The molecule has 3 rings (SSSR count). The summed E-state index contributed by atoms with van der Waals surface area (Å²) >= 11 is 0. The highest BCUT2D eigenvalue weighted by Crippen LogP contribution is 2.22. The Morgan fingerprint density at radius 2 is 1.96 bits per heavy atom. The Morgan fingerprint density at radius 3 is 2.70 bits per heavy atom. The monoisotopic (exact) mass is 309 g/mol. The highest BCUT2D eigenvalue weighted by molar-refractivity contribution is 5.58. The van der Waals surface area contributed by atoms with Gasteiger partial charge in [0.15, 0.2) is 5.82 Å². The average molecular weight is 309 g/mol. The quantitative estimate of drug-likeness (QED) is 0.556. The van der Waals surface area contributed by atoms with Crippen LogP contribution in [0.2, 0.25) is 0 Å². The molecule has 3 N–H and O–H groups in total. The molecule has 7 nitrogen and oxygen atoms in total. The predicted molar refractivity (Wildman–Crippen MR) is 85.5 cm³/mol. The summed E-state index contributed by atoms with van der Waals surface area (Å²) in [5.41, 5.74) is 7.84. The van der Waals surface area contributed by atoms with E-state index in [0.717, 1.165) is 5.56 Å². The first kappa shape index (κ1) is 14.9. The van der Waals surface area contributed by atoms with Gasteiger partial charge in [-0.2, -0.15) is 5.10 Å². The molecule has 0 radical (unpaired) electrons. The molecule has 1 heterocycles. The summed E-state index contributed by atoms with van der Waals surface area (Å²) < 4.78 is 0. The van der Waals surface area contributed by atoms with E-state index < -0.39 is 4.92 Å². The lowest BCUT2D eigenvalue weighted by Gasteiger charge is -2.07. The van der Waals surface area contributed by atoms with Crippen molar-refractivity contribution >= 4 is 5.69 Å². The number of nitro groups is 1. The van der Waals surface area contributed by atoms with E-state index in [4.69, 9.17) is 5.73 Å². The van der Waals surface area contributed by atoms with Gasteiger partial charge in [-0.05, 0) is 12.0 Å². The Morgan fingerprint density at radius 1 is 1.17 bits per heavy atom. The summed E-state index contributed by atoms with van der Waals surface area (Å²) in [7, 11) is 0. The highest BCUT2D eigenvalue weighted by atomic mass is 16.6. The Hall–Kier alpha value is -3.06. The summed E-state index contributed by atoms with van der Waals surface area (Å²) in [4.78, 5) is 14.8. The van der Waals surface area contributed by atoms with Crippen LogP contribution in [0, 0.1) is 10.1 Å². The third-order valence-corrected chi connectivity index (χ3v) is 3.47. The van der Waals surface area contributed by atoms with Crippen LogP contribution in [0.15, 0.2) is 54.6 Å². The maximum atomic E-state index is 10.8. The van der Waals surface area contributed by atoms with Gasteiger partial charge in [-0.25, -0.2) is 4.98 Å².